The average Bonchev–Trinajstić information content (AvgIpc) is 2.15. The molecule has 0 aliphatic rings. The van der Waals surface area contributed by atoms with Gasteiger partial charge in [0, 0.05) is 0 Å². The normalized spacial score (nSPS) is 10.6. The summed E-state index contributed by atoms with van der Waals surface area (Å²) in [7, 11) is 0. The van der Waals surface area contributed by atoms with Crippen molar-refractivity contribution in [2.75, 3.05) is 0 Å². The summed E-state index contributed by atoms with van der Waals surface area (Å²) in [6.07, 6.45) is 2.91. The first-order valence-corrected chi connectivity index (χ1v) is 4.17. The number of aliphatic hydroxyl groups is 1. The highest BCUT2D eigenvalue weighted by Gasteiger charge is 1.90. The Hall–Kier alpha value is -1.12. The monoisotopic (exact) mass is 196 g/mol. The van der Waals surface area contributed by atoms with Crippen LogP contribution >= 0.6 is 11.6 Å². The maximum Gasteiger partial charge on any atom is 0.245 e. The fraction of sp³-hybridized carbons (Fsp3) is 0.100. The minimum Gasteiger partial charge on any atom is -0.392 e. The number of hydrogen-bond donors (Lipinski definition) is 1. The molecule has 68 valence electrons. The molecule has 1 aromatic rings. The lowest BCUT2D eigenvalue weighted by molar-refractivity contribution is -0.107. The van der Waals surface area contributed by atoms with Crippen molar-refractivity contribution in [1.82, 2.24) is 0 Å². The molecule has 0 saturated carbocycles. The number of allylic oxidation sites excluding steroid dienone is 1. The standard InChI is InChI=1S/C10H9ClO2/c11-10(13)6-5-8-1-3-9(7-12)4-2-8/h1-6,12H,7H2/b6-5+. The van der Waals surface area contributed by atoms with Gasteiger partial charge in [-0.2, -0.15) is 0 Å². The number of hydrogen-bond acceptors (Lipinski definition) is 2. The van der Waals surface area contributed by atoms with Crippen molar-refractivity contribution in [2.45, 2.75) is 6.61 Å². The molecule has 0 aliphatic heterocycles. The van der Waals surface area contributed by atoms with Crippen molar-refractivity contribution in [3.8, 4) is 0 Å². The molecular weight excluding hydrogens is 188 g/mol. The number of halogens is 1. The lowest BCUT2D eigenvalue weighted by Gasteiger charge is -1.95. The van der Waals surface area contributed by atoms with Gasteiger partial charge < -0.3 is 5.11 Å². The van der Waals surface area contributed by atoms with Gasteiger partial charge in [-0.25, -0.2) is 0 Å². The van der Waals surface area contributed by atoms with Gasteiger partial charge in [0.15, 0.2) is 0 Å². The van der Waals surface area contributed by atoms with Crippen molar-refractivity contribution in [2.24, 2.45) is 0 Å². The fourth-order valence-electron chi connectivity index (χ4n) is 0.896. The van der Waals surface area contributed by atoms with Crippen LogP contribution in [0.3, 0.4) is 0 Å². The smallest absolute Gasteiger partial charge is 0.245 e. The molecule has 0 bridgehead atoms. The molecule has 0 aliphatic carbocycles. The van der Waals surface area contributed by atoms with Crippen molar-refractivity contribution < 1.29 is 9.90 Å². The van der Waals surface area contributed by atoms with Gasteiger partial charge in [-0.15, -0.1) is 0 Å². The summed E-state index contributed by atoms with van der Waals surface area (Å²) < 4.78 is 0. The average molecular weight is 197 g/mol. The second-order valence-corrected chi connectivity index (χ2v) is 2.91. The Kier molecular flexibility index (Phi) is 3.68. The first-order valence-electron chi connectivity index (χ1n) is 3.79. The fourth-order valence-corrected chi connectivity index (χ4v) is 0.959. The minimum absolute atomic E-state index is 0.0262. The predicted molar refractivity (Wildman–Crippen MR) is 52.3 cm³/mol. The van der Waals surface area contributed by atoms with Gasteiger partial charge in [-0.05, 0) is 28.8 Å². The molecule has 1 aromatic carbocycles. The van der Waals surface area contributed by atoms with Gasteiger partial charge in [0.1, 0.15) is 0 Å². The van der Waals surface area contributed by atoms with Gasteiger partial charge in [0.05, 0.1) is 6.61 Å². The molecule has 1 rings (SSSR count). The lowest BCUT2D eigenvalue weighted by Crippen LogP contribution is -1.82. The summed E-state index contributed by atoms with van der Waals surface area (Å²) in [6, 6.07) is 7.19. The molecule has 0 saturated heterocycles. The van der Waals surface area contributed by atoms with Crippen LogP contribution in [0.5, 0.6) is 0 Å². The van der Waals surface area contributed by atoms with Gasteiger partial charge in [-0.1, -0.05) is 30.3 Å². The Morgan fingerprint density at radius 3 is 2.46 bits per heavy atom. The predicted octanol–water partition coefficient (Wildman–Crippen LogP) is 1.96. The summed E-state index contributed by atoms with van der Waals surface area (Å²) >= 11 is 5.12. The summed E-state index contributed by atoms with van der Waals surface area (Å²) in [5.74, 6) is 0. The van der Waals surface area contributed by atoms with Crippen LogP contribution in [0.4, 0.5) is 0 Å². The summed E-state index contributed by atoms with van der Waals surface area (Å²) in [5, 5.41) is 8.26. The van der Waals surface area contributed by atoms with E-state index in [1.54, 1.807) is 18.2 Å². The molecule has 0 radical (unpaired) electrons. The summed E-state index contributed by atoms with van der Waals surface area (Å²) in [4.78, 5) is 10.4. The molecule has 0 spiro atoms. The Labute approximate surface area is 81.5 Å². The maximum absolute atomic E-state index is 10.4. The molecule has 0 aromatic heterocycles. The third-order valence-corrected chi connectivity index (χ3v) is 1.70. The Morgan fingerprint density at radius 1 is 1.38 bits per heavy atom. The maximum atomic E-state index is 10.4. The van der Waals surface area contributed by atoms with Gasteiger partial charge in [0.25, 0.3) is 0 Å². The van der Waals surface area contributed by atoms with Crippen LogP contribution in [0, 0.1) is 0 Å². The van der Waals surface area contributed by atoms with Crippen molar-refractivity contribution in [1.29, 1.82) is 0 Å². The number of aliphatic hydroxyl groups excluding tert-OH is 1. The highest BCUT2D eigenvalue weighted by atomic mass is 35.5. The molecule has 2 nitrogen and oxygen atoms in total. The zero-order valence-electron chi connectivity index (χ0n) is 6.90. The second-order valence-electron chi connectivity index (χ2n) is 2.54. The van der Waals surface area contributed by atoms with Crippen LogP contribution in [-0.2, 0) is 11.4 Å². The highest BCUT2D eigenvalue weighted by molar-refractivity contribution is 6.66. The molecule has 3 heteroatoms. The van der Waals surface area contributed by atoms with Gasteiger partial charge >= 0.3 is 0 Å². The molecule has 0 atom stereocenters. The van der Waals surface area contributed by atoms with Crippen LogP contribution in [0.25, 0.3) is 6.08 Å². The molecule has 0 fully saturated rings. The van der Waals surface area contributed by atoms with Gasteiger partial charge in [-0.3, -0.25) is 4.79 Å². The summed E-state index contributed by atoms with van der Waals surface area (Å²) in [5.41, 5.74) is 1.72. The van der Waals surface area contributed by atoms with Crippen LogP contribution in [0.2, 0.25) is 0 Å². The summed E-state index contributed by atoms with van der Waals surface area (Å²) in [6.45, 7) is 0.0262. The molecule has 0 unspecified atom stereocenters. The number of benzene rings is 1. The van der Waals surface area contributed by atoms with E-state index in [2.05, 4.69) is 0 Å². The number of carbonyl (C=O) groups excluding carboxylic acids is 1. The Balaban J connectivity index is 2.75. The van der Waals surface area contributed by atoms with E-state index in [0.717, 1.165) is 11.1 Å². The van der Waals surface area contributed by atoms with E-state index in [0.29, 0.717) is 0 Å². The second kappa shape index (κ2) is 4.80. The largest absolute Gasteiger partial charge is 0.392 e. The first kappa shape index (κ1) is 9.96. The number of carbonyl (C=O) groups is 1. The molecule has 13 heavy (non-hydrogen) atoms. The van der Waals surface area contributed by atoms with Crippen LogP contribution in [0.1, 0.15) is 11.1 Å². The SMILES string of the molecule is O=C(Cl)/C=C/c1ccc(CO)cc1. The van der Waals surface area contributed by atoms with E-state index in [9.17, 15) is 4.79 Å². The molecule has 1 N–H and O–H groups in total. The van der Waals surface area contributed by atoms with Crippen molar-refractivity contribution >= 4 is 22.9 Å². The molecule has 0 heterocycles. The minimum atomic E-state index is -0.494. The molecular formula is C10H9ClO2. The number of rotatable bonds is 3. The Morgan fingerprint density at radius 2 is 2.00 bits per heavy atom. The van der Waals surface area contributed by atoms with Gasteiger partial charge in [0.2, 0.25) is 5.24 Å². The van der Waals surface area contributed by atoms with Crippen LogP contribution < -0.4 is 0 Å². The highest BCUT2D eigenvalue weighted by Crippen LogP contribution is 2.06. The zero-order valence-corrected chi connectivity index (χ0v) is 7.66. The van der Waals surface area contributed by atoms with Crippen LogP contribution in [0.15, 0.2) is 30.3 Å². The van der Waals surface area contributed by atoms with E-state index >= 15 is 0 Å². The third-order valence-electron chi connectivity index (χ3n) is 1.57. The third kappa shape index (κ3) is 3.40. The van der Waals surface area contributed by atoms with E-state index in [4.69, 9.17) is 16.7 Å². The van der Waals surface area contributed by atoms with E-state index in [1.165, 1.54) is 6.08 Å². The van der Waals surface area contributed by atoms with E-state index in [1.807, 2.05) is 12.1 Å². The Bertz CT molecular complexity index is 314. The zero-order chi connectivity index (χ0) is 9.68. The van der Waals surface area contributed by atoms with E-state index in [-0.39, 0.29) is 6.61 Å². The lowest BCUT2D eigenvalue weighted by atomic mass is 10.1. The van der Waals surface area contributed by atoms with Crippen LogP contribution in [-0.4, -0.2) is 10.3 Å². The quantitative estimate of drug-likeness (QED) is 0.593. The topological polar surface area (TPSA) is 37.3 Å². The van der Waals surface area contributed by atoms with Crippen molar-refractivity contribution in [3.05, 3.63) is 41.5 Å². The van der Waals surface area contributed by atoms with Crippen molar-refractivity contribution in [3.63, 3.8) is 0 Å². The molecule has 0 amide bonds. The van der Waals surface area contributed by atoms with E-state index < -0.39 is 5.24 Å². The first-order chi connectivity index (χ1) is 6.22.